The minimum absolute atomic E-state index is 0.167. The standard InChI is InChI=1S/C24H43N5O2/c1-17-18(2)31-21(28-17)16-29-11-9-19(10-12-29)14-26-23(25-6)27-15-20-8-7-13-30-22(20)24(3,4)5/h19-20,22H,7-16H2,1-6H3,(H2,25,26,27). The number of hydrogen-bond acceptors (Lipinski definition) is 5. The maximum Gasteiger partial charge on any atom is 0.208 e. The molecule has 0 saturated carbocycles. The lowest BCUT2D eigenvalue weighted by Gasteiger charge is -2.40. The fraction of sp³-hybridized carbons (Fsp3) is 0.833. The van der Waals surface area contributed by atoms with E-state index in [0.717, 1.165) is 69.1 Å². The molecular weight excluding hydrogens is 390 g/mol. The second-order valence-corrected chi connectivity index (χ2v) is 10.4. The molecule has 7 heteroatoms. The van der Waals surface area contributed by atoms with Gasteiger partial charge in [0.05, 0.1) is 18.3 Å². The number of nitrogens with one attached hydrogen (secondary N) is 2. The van der Waals surface area contributed by atoms with Crippen molar-refractivity contribution in [3.05, 3.63) is 17.3 Å². The molecule has 3 heterocycles. The van der Waals surface area contributed by atoms with Gasteiger partial charge in [0.2, 0.25) is 5.89 Å². The van der Waals surface area contributed by atoms with E-state index < -0.39 is 0 Å². The Hall–Kier alpha value is -1.60. The Morgan fingerprint density at radius 3 is 2.45 bits per heavy atom. The van der Waals surface area contributed by atoms with Crippen LogP contribution < -0.4 is 10.6 Å². The minimum atomic E-state index is 0.167. The van der Waals surface area contributed by atoms with Crippen molar-refractivity contribution in [2.24, 2.45) is 22.2 Å². The SMILES string of the molecule is CN=C(NCC1CCN(Cc2nc(C)c(C)o2)CC1)NCC1CCCOC1C(C)(C)C. The van der Waals surface area contributed by atoms with E-state index in [1.165, 1.54) is 19.3 Å². The molecule has 31 heavy (non-hydrogen) atoms. The van der Waals surface area contributed by atoms with Gasteiger partial charge in [-0.1, -0.05) is 20.8 Å². The van der Waals surface area contributed by atoms with E-state index in [4.69, 9.17) is 9.15 Å². The highest BCUT2D eigenvalue weighted by Crippen LogP contribution is 2.33. The van der Waals surface area contributed by atoms with Crippen molar-refractivity contribution in [1.82, 2.24) is 20.5 Å². The van der Waals surface area contributed by atoms with Crippen molar-refractivity contribution in [3.8, 4) is 0 Å². The monoisotopic (exact) mass is 433 g/mol. The van der Waals surface area contributed by atoms with E-state index in [9.17, 15) is 0 Å². The zero-order chi connectivity index (χ0) is 22.4. The fourth-order valence-electron chi connectivity index (χ4n) is 4.85. The van der Waals surface area contributed by atoms with Crippen LogP contribution in [0, 0.1) is 31.1 Å². The van der Waals surface area contributed by atoms with Crippen LogP contribution in [-0.4, -0.2) is 61.8 Å². The number of piperidine rings is 1. The van der Waals surface area contributed by atoms with Gasteiger partial charge in [-0.15, -0.1) is 0 Å². The number of hydrogen-bond donors (Lipinski definition) is 2. The van der Waals surface area contributed by atoms with Gasteiger partial charge in [-0.05, 0) is 64.0 Å². The molecule has 0 radical (unpaired) electrons. The zero-order valence-corrected chi connectivity index (χ0v) is 20.5. The van der Waals surface area contributed by atoms with Gasteiger partial charge in [0.1, 0.15) is 5.76 Å². The van der Waals surface area contributed by atoms with E-state index in [0.29, 0.717) is 17.9 Å². The number of aromatic nitrogens is 1. The van der Waals surface area contributed by atoms with Crippen LogP contribution in [-0.2, 0) is 11.3 Å². The van der Waals surface area contributed by atoms with Crippen LogP contribution in [0.25, 0.3) is 0 Å². The van der Waals surface area contributed by atoms with Crippen molar-refractivity contribution in [1.29, 1.82) is 0 Å². The molecule has 0 spiro atoms. The smallest absolute Gasteiger partial charge is 0.208 e. The minimum Gasteiger partial charge on any atom is -0.444 e. The van der Waals surface area contributed by atoms with Crippen LogP contribution in [0.3, 0.4) is 0 Å². The van der Waals surface area contributed by atoms with E-state index in [1.807, 2.05) is 20.9 Å². The Balaban J connectivity index is 1.38. The topological polar surface area (TPSA) is 74.9 Å². The number of ether oxygens (including phenoxy) is 1. The highest BCUT2D eigenvalue weighted by molar-refractivity contribution is 5.79. The molecule has 3 rings (SSSR count). The molecular formula is C24H43N5O2. The number of aliphatic imine (C=N–C) groups is 1. The molecule has 0 amide bonds. The molecule has 0 bridgehead atoms. The lowest BCUT2D eigenvalue weighted by molar-refractivity contribution is -0.0835. The lowest BCUT2D eigenvalue weighted by atomic mass is 9.78. The first-order valence-electron chi connectivity index (χ1n) is 12.0. The van der Waals surface area contributed by atoms with Crippen molar-refractivity contribution in [2.45, 2.75) is 73.0 Å². The Kier molecular flexibility index (Phi) is 8.39. The van der Waals surface area contributed by atoms with Gasteiger partial charge in [0.25, 0.3) is 0 Å². The van der Waals surface area contributed by atoms with E-state index in [1.54, 1.807) is 0 Å². The van der Waals surface area contributed by atoms with Gasteiger partial charge >= 0.3 is 0 Å². The van der Waals surface area contributed by atoms with Crippen LogP contribution >= 0.6 is 0 Å². The average Bonchev–Trinajstić information content (AvgIpc) is 3.05. The number of guanidine groups is 1. The van der Waals surface area contributed by atoms with Gasteiger partial charge in [0, 0.05) is 32.7 Å². The number of nitrogens with zero attached hydrogens (tertiary/aromatic N) is 3. The normalized spacial score (nSPS) is 24.4. The third kappa shape index (κ3) is 6.94. The molecule has 2 unspecified atom stereocenters. The molecule has 2 aliphatic heterocycles. The predicted octanol–water partition coefficient (Wildman–Crippen LogP) is 3.51. The molecule has 176 valence electrons. The third-order valence-electron chi connectivity index (χ3n) is 6.75. The molecule has 1 aromatic rings. The van der Waals surface area contributed by atoms with Crippen LogP contribution in [0.5, 0.6) is 0 Å². The van der Waals surface area contributed by atoms with Crippen molar-refractivity contribution < 1.29 is 9.15 Å². The van der Waals surface area contributed by atoms with Gasteiger partial charge < -0.3 is 19.8 Å². The van der Waals surface area contributed by atoms with Crippen LogP contribution in [0.1, 0.15) is 63.8 Å². The summed E-state index contributed by atoms with van der Waals surface area (Å²) in [6, 6.07) is 0. The molecule has 0 aliphatic carbocycles. The molecule has 2 atom stereocenters. The second-order valence-electron chi connectivity index (χ2n) is 10.4. The molecule has 1 aromatic heterocycles. The number of aryl methyl sites for hydroxylation is 2. The summed E-state index contributed by atoms with van der Waals surface area (Å²) in [7, 11) is 1.86. The summed E-state index contributed by atoms with van der Waals surface area (Å²) in [6.45, 7) is 16.6. The van der Waals surface area contributed by atoms with Gasteiger partial charge in [-0.25, -0.2) is 4.98 Å². The van der Waals surface area contributed by atoms with Crippen LogP contribution in [0.2, 0.25) is 0 Å². The Morgan fingerprint density at radius 1 is 1.13 bits per heavy atom. The van der Waals surface area contributed by atoms with Crippen LogP contribution in [0.15, 0.2) is 9.41 Å². The van der Waals surface area contributed by atoms with Gasteiger partial charge in [0.15, 0.2) is 5.96 Å². The first-order valence-corrected chi connectivity index (χ1v) is 12.0. The van der Waals surface area contributed by atoms with E-state index in [2.05, 4.69) is 46.3 Å². The molecule has 2 N–H and O–H groups in total. The summed E-state index contributed by atoms with van der Waals surface area (Å²) < 4.78 is 11.9. The van der Waals surface area contributed by atoms with Crippen molar-refractivity contribution >= 4 is 5.96 Å². The van der Waals surface area contributed by atoms with E-state index in [-0.39, 0.29) is 5.41 Å². The highest BCUT2D eigenvalue weighted by Gasteiger charge is 2.35. The Labute approximate surface area is 188 Å². The average molecular weight is 434 g/mol. The summed E-state index contributed by atoms with van der Waals surface area (Å²) in [4.78, 5) is 11.4. The summed E-state index contributed by atoms with van der Waals surface area (Å²) in [5.74, 6) is 3.88. The highest BCUT2D eigenvalue weighted by atomic mass is 16.5. The Morgan fingerprint density at radius 2 is 1.84 bits per heavy atom. The number of likely N-dealkylation sites (tertiary alicyclic amines) is 1. The quantitative estimate of drug-likeness (QED) is 0.528. The van der Waals surface area contributed by atoms with E-state index >= 15 is 0 Å². The van der Waals surface area contributed by atoms with Crippen LogP contribution in [0.4, 0.5) is 0 Å². The fourth-order valence-corrected chi connectivity index (χ4v) is 4.85. The molecule has 2 aliphatic rings. The maximum atomic E-state index is 6.12. The summed E-state index contributed by atoms with van der Waals surface area (Å²) in [6.07, 6.45) is 5.04. The Bertz CT molecular complexity index is 697. The second kappa shape index (κ2) is 10.8. The first kappa shape index (κ1) is 24.1. The lowest BCUT2D eigenvalue weighted by Crippen LogP contribution is -2.48. The number of rotatable bonds is 6. The summed E-state index contributed by atoms with van der Waals surface area (Å²) >= 11 is 0. The molecule has 2 fully saturated rings. The summed E-state index contributed by atoms with van der Waals surface area (Å²) in [5.41, 5.74) is 1.17. The first-order chi connectivity index (χ1) is 14.8. The van der Waals surface area contributed by atoms with Crippen molar-refractivity contribution in [2.75, 3.05) is 39.8 Å². The molecule has 0 aromatic carbocycles. The largest absolute Gasteiger partial charge is 0.444 e. The maximum absolute atomic E-state index is 6.12. The van der Waals surface area contributed by atoms with Crippen molar-refractivity contribution in [3.63, 3.8) is 0 Å². The zero-order valence-electron chi connectivity index (χ0n) is 20.5. The molecule has 7 nitrogen and oxygen atoms in total. The van der Waals surface area contributed by atoms with Gasteiger partial charge in [-0.3, -0.25) is 9.89 Å². The molecule has 2 saturated heterocycles. The summed E-state index contributed by atoms with van der Waals surface area (Å²) in [5, 5.41) is 7.11. The third-order valence-corrected chi connectivity index (χ3v) is 6.75. The number of oxazole rings is 1. The van der Waals surface area contributed by atoms with Gasteiger partial charge in [-0.2, -0.15) is 0 Å². The predicted molar refractivity (Wildman–Crippen MR) is 125 cm³/mol.